The maximum atomic E-state index is 12.0. The van der Waals surface area contributed by atoms with E-state index in [4.69, 9.17) is 34.8 Å². The fourth-order valence-corrected chi connectivity index (χ4v) is 2.51. The number of carbonyl (C=O) groups is 1. The predicted octanol–water partition coefficient (Wildman–Crippen LogP) is 3.73. The van der Waals surface area contributed by atoms with Gasteiger partial charge in [-0.05, 0) is 31.5 Å². The van der Waals surface area contributed by atoms with Crippen molar-refractivity contribution in [2.75, 3.05) is 11.9 Å². The number of carbonyl (C=O) groups excluding carboxylic acids is 1. The Balaban J connectivity index is 2.08. The molecule has 2 N–H and O–H groups in total. The number of benzene rings is 1. The molecule has 1 aromatic carbocycles. The van der Waals surface area contributed by atoms with Gasteiger partial charge in [-0.3, -0.25) is 4.79 Å². The molecule has 1 saturated heterocycles. The summed E-state index contributed by atoms with van der Waals surface area (Å²) in [5, 5.41) is 7.06. The third-order valence-corrected chi connectivity index (χ3v) is 3.93. The summed E-state index contributed by atoms with van der Waals surface area (Å²) in [6.45, 7) is 0.868. The minimum Gasteiger partial charge on any atom is -0.323 e. The smallest absolute Gasteiger partial charge is 0.241 e. The van der Waals surface area contributed by atoms with E-state index >= 15 is 0 Å². The molecule has 1 atom stereocenters. The van der Waals surface area contributed by atoms with Crippen LogP contribution in [0.1, 0.15) is 19.3 Å². The van der Waals surface area contributed by atoms with Crippen LogP contribution in [0, 0.1) is 0 Å². The van der Waals surface area contributed by atoms with E-state index in [1.807, 2.05) is 0 Å². The summed E-state index contributed by atoms with van der Waals surface area (Å²) in [5.41, 5.74) is 0.489. The zero-order valence-electron chi connectivity index (χ0n) is 9.60. The first-order chi connectivity index (χ1) is 8.58. The Morgan fingerprint density at radius 1 is 1.17 bits per heavy atom. The molecular weight excluding hydrogens is 295 g/mol. The minimum atomic E-state index is -0.163. The van der Waals surface area contributed by atoms with Crippen LogP contribution >= 0.6 is 34.8 Å². The molecule has 1 fully saturated rings. The van der Waals surface area contributed by atoms with Gasteiger partial charge in [0.15, 0.2) is 0 Å². The van der Waals surface area contributed by atoms with E-state index in [2.05, 4.69) is 10.6 Å². The molecule has 0 radical (unpaired) electrons. The van der Waals surface area contributed by atoms with Crippen molar-refractivity contribution in [1.29, 1.82) is 0 Å². The SMILES string of the molecule is O=C(Nc1cc(Cl)c(Cl)cc1Cl)[C@@H]1CCCCN1. The number of hydrogen-bond acceptors (Lipinski definition) is 2. The molecule has 1 aliphatic heterocycles. The Morgan fingerprint density at radius 3 is 2.56 bits per heavy atom. The van der Waals surface area contributed by atoms with E-state index in [-0.39, 0.29) is 11.9 Å². The molecule has 0 aromatic heterocycles. The second-order valence-electron chi connectivity index (χ2n) is 4.24. The third-order valence-electron chi connectivity index (χ3n) is 2.89. The molecule has 0 bridgehead atoms. The number of halogens is 3. The van der Waals surface area contributed by atoms with E-state index in [0.29, 0.717) is 20.8 Å². The van der Waals surface area contributed by atoms with E-state index in [1.165, 1.54) is 6.07 Å². The van der Waals surface area contributed by atoms with E-state index < -0.39 is 0 Å². The topological polar surface area (TPSA) is 41.1 Å². The summed E-state index contributed by atoms with van der Waals surface area (Å²) in [7, 11) is 0. The lowest BCUT2D eigenvalue weighted by Crippen LogP contribution is -2.43. The molecular formula is C12H13Cl3N2O. The minimum absolute atomic E-state index is 0.0880. The first-order valence-corrected chi connectivity index (χ1v) is 6.90. The standard InChI is InChI=1S/C12H13Cl3N2O/c13-7-5-9(15)11(6-8(7)14)17-12(18)10-3-1-2-4-16-10/h5-6,10,16H,1-4H2,(H,17,18)/t10-/m0/s1. The molecule has 98 valence electrons. The van der Waals surface area contributed by atoms with Gasteiger partial charge in [-0.2, -0.15) is 0 Å². The van der Waals surface area contributed by atoms with Crippen LogP contribution in [0.15, 0.2) is 12.1 Å². The van der Waals surface area contributed by atoms with Crippen LogP contribution < -0.4 is 10.6 Å². The Bertz CT molecular complexity index is 459. The van der Waals surface area contributed by atoms with Gasteiger partial charge in [0, 0.05) is 0 Å². The number of hydrogen-bond donors (Lipinski definition) is 2. The first kappa shape index (κ1) is 13.9. The molecule has 1 aliphatic rings. The fraction of sp³-hybridized carbons (Fsp3) is 0.417. The maximum Gasteiger partial charge on any atom is 0.241 e. The van der Waals surface area contributed by atoms with Crippen molar-refractivity contribution in [3.63, 3.8) is 0 Å². The summed E-state index contributed by atoms with van der Waals surface area (Å²) in [5.74, 6) is -0.0880. The molecule has 1 aromatic rings. The molecule has 0 unspecified atom stereocenters. The van der Waals surface area contributed by atoms with Crippen molar-refractivity contribution < 1.29 is 4.79 Å². The average molecular weight is 308 g/mol. The summed E-state index contributed by atoms with van der Waals surface area (Å²) in [4.78, 5) is 12.0. The van der Waals surface area contributed by atoms with Gasteiger partial charge in [0.05, 0.1) is 26.8 Å². The van der Waals surface area contributed by atoms with Crippen molar-refractivity contribution in [3.05, 3.63) is 27.2 Å². The molecule has 2 rings (SSSR count). The van der Waals surface area contributed by atoms with Gasteiger partial charge in [-0.25, -0.2) is 0 Å². The Kier molecular flexibility index (Phi) is 4.73. The van der Waals surface area contributed by atoms with E-state index in [1.54, 1.807) is 6.07 Å². The van der Waals surface area contributed by atoms with Crippen LogP contribution in [0.4, 0.5) is 5.69 Å². The lowest BCUT2D eigenvalue weighted by molar-refractivity contribution is -0.118. The van der Waals surface area contributed by atoms with Crippen LogP contribution in [0.2, 0.25) is 15.1 Å². The van der Waals surface area contributed by atoms with Crippen molar-refractivity contribution in [2.24, 2.45) is 0 Å². The van der Waals surface area contributed by atoms with Crippen LogP contribution in [0.25, 0.3) is 0 Å². The Morgan fingerprint density at radius 2 is 1.89 bits per heavy atom. The van der Waals surface area contributed by atoms with E-state index in [0.717, 1.165) is 25.8 Å². The first-order valence-electron chi connectivity index (χ1n) is 5.76. The highest BCUT2D eigenvalue weighted by molar-refractivity contribution is 6.44. The summed E-state index contributed by atoms with van der Waals surface area (Å²) in [6.07, 6.45) is 3.00. The quantitative estimate of drug-likeness (QED) is 0.818. The molecule has 0 spiro atoms. The Hall–Kier alpha value is -0.480. The molecule has 6 heteroatoms. The lowest BCUT2D eigenvalue weighted by atomic mass is 10.0. The molecule has 1 amide bonds. The molecule has 0 saturated carbocycles. The zero-order chi connectivity index (χ0) is 13.1. The van der Waals surface area contributed by atoms with Crippen LogP contribution in [-0.2, 0) is 4.79 Å². The largest absolute Gasteiger partial charge is 0.323 e. The molecule has 3 nitrogen and oxygen atoms in total. The van der Waals surface area contributed by atoms with Crippen molar-refractivity contribution in [2.45, 2.75) is 25.3 Å². The monoisotopic (exact) mass is 306 g/mol. The van der Waals surface area contributed by atoms with Gasteiger partial charge < -0.3 is 10.6 Å². The third kappa shape index (κ3) is 3.29. The molecule has 1 heterocycles. The van der Waals surface area contributed by atoms with Gasteiger partial charge in [0.25, 0.3) is 0 Å². The highest BCUT2D eigenvalue weighted by atomic mass is 35.5. The van der Waals surface area contributed by atoms with Gasteiger partial charge in [0.1, 0.15) is 0 Å². The van der Waals surface area contributed by atoms with Crippen molar-refractivity contribution in [3.8, 4) is 0 Å². The number of rotatable bonds is 2. The second kappa shape index (κ2) is 6.11. The molecule has 18 heavy (non-hydrogen) atoms. The summed E-state index contributed by atoms with van der Waals surface area (Å²) < 4.78 is 0. The number of anilines is 1. The summed E-state index contributed by atoms with van der Waals surface area (Å²) >= 11 is 17.7. The fourth-order valence-electron chi connectivity index (χ4n) is 1.91. The Labute approximate surface area is 121 Å². The van der Waals surface area contributed by atoms with E-state index in [9.17, 15) is 4.79 Å². The normalized spacial score (nSPS) is 19.6. The van der Waals surface area contributed by atoms with Crippen LogP contribution in [-0.4, -0.2) is 18.5 Å². The zero-order valence-corrected chi connectivity index (χ0v) is 11.9. The highest BCUT2D eigenvalue weighted by Crippen LogP contribution is 2.32. The number of piperidine rings is 1. The predicted molar refractivity (Wildman–Crippen MR) is 75.7 cm³/mol. The number of amides is 1. The highest BCUT2D eigenvalue weighted by Gasteiger charge is 2.21. The lowest BCUT2D eigenvalue weighted by Gasteiger charge is -2.22. The number of nitrogens with one attached hydrogen (secondary N) is 2. The van der Waals surface area contributed by atoms with Gasteiger partial charge in [-0.1, -0.05) is 41.2 Å². The van der Waals surface area contributed by atoms with Gasteiger partial charge >= 0.3 is 0 Å². The van der Waals surface area contributed by atoms with Crippen molar-refractivity contribution >= 4 is 46.4 Å². The van der Waals surface area contributed by atoms with Gasteiger partial charge in [-0.15, -0.1) is 0 Å². The maximum absolute atomic E-state index is 12.0. The average Bonchev–Trinajstić information content (AvgIpc) is 2.37. The van der Waals surface area contributed by atoms with Crippen LogP contribution in [0.5, 0.6) is 0 Å². The van der Waals surface area contributed by atoms with Gasteiger partial charge in [0.2, 0.25) is 5.91 Å². The second-order valence-corrected chi connectivity index (χ2v) is 5.46. The van der Waals surface area contributed by atoms with Crippen molar-refractivity contribution in [1.82, 2.24) is 5.32 Å². The van der Waals surface area contributed by atoms with Crippen LogP contribution in [0.3, 0.4) is 0 Å². The molecule has 0 aliphatic carbocycles. The summed E-state index contributed by atoms with van der Waals surface area (Å²) in [6, 6.07) is 2.92.